The minimum atomic E-state index is -0.388. The van der Waals surface area contributed by atoms with E-state index in [0.29, 0.717) is 11.5 Å². The van der Waals surface area contributed by atoms with Gasteiger partial charge < -0.3 is 4.74 Å². The fraction of sp³-hybridized carbons (Fsp3) is 0.250. The monoisotopic (exact) mass is 314 g/mol. The average molecular weight is 314 g/mol. The molecular weight excluding hydrogens is 296 g/mol. The van der Waals surface area contributed by atoms with E-state index >= 15 is 0 Å². The summed E-state index contributed by atoms with van der Waals surface area (Å²) in [5, 5.41) is 4.03. The molecule has 23 heavy (non-hydrogen) atoms. The minimum Gasteiger partial charge on any atom is -0.465 e. The lowest BCUT2D eigenvalue weighted by Gasteiger charge is -2.02. The second-order valence-corrected chi connectivity index (χ2v) is 4.82. The highest BCUT2D eigenvalue weighted by atomic mass is 16.5. The zero-order chi connectivity index (χ0) is 16.7. The SMILES string of the molecule is CCCc1cc(=O)[nH]c(N/N=C/c2ccc(C(=O)OC)cc2)n1. The summed E-state index contributed by atoms with van der Waals surface area (Å²) in [5.74, 6) is -0.0930. The van der Waals surface area contributed by atoms with Gasteiger partial charge >= 0.3 is 5.97 Å². The molecule has 2 aromatic rings. The number of esters is 1. The van der Waals surface area contributed by atoms with Crippen molar-refractivity contribution >= 4 is 18.1 Å². The minimum absolute atomic E-state index is 0.219. The molecule has 0 unspecified atom stereocenters. The van der Waals surface area contributed by atoms with Gasteiger partial charge in [0.1, 0.15) is 0 Å². The van der Waals surface area contributed by atoms with Crippen LogP contribution in [0.25, 0.3) is 0 Å². The number of carbonyl (C=O) groups excluding carboxylic acids is 1. The molecule has 0 amide bonds. The van der Waals surface area contributed by atoms with Gasteiger partial charge in [-0.05, 0) is 24.1 Å². The number of aryl methyl sites for hydroxylation is 1. The Hall–Kier alpha value is -2.96. The molecule has 0 saturated carbocycles. The Labute approximate surface area is 133 Å². The summed E-state index contributed by atoms with van der Waals surface area (Å²) < 4.78 is 4.63. The summed E-state index contributed by atoms with van der Waals surface area (Å²) >= 11 is 0. The quantitative estimate of drug-likeness (QED) is 0.482. The maximum atomic E-state index is 11.5. The summed E-state index contributed by atoms with van der Waals surface area (Å²) in [7, 11) is 1.34. The number of ether oxygens (including phenoxy) is 1. The molecular formula is C16H18N4O3. The van der Waals surface area contributed by atoms with Gasteiger partial charge in [0.25, 0.3) is 5.56 Å². The molecule has 1 aromatic heterocycles. The van der Waals surface area contributed by atoms with Crippen molar-refractivity contribution in [3.63, 3.8) is 0 Å². The maximum Gasteiger partial charge on any atom is 0.337 e. The van der Waals surface area contributed by atoms with Crippen LogP contribution in [0.4, 0.5) is 5.95 Å². The van der Waals surface area contributed by atoms with Gasteiger partial charge in [-0.15, -0.1) is 0 Å². The van der Waals surface area contributed by atoms with E-state index in [-0.39, 0.29) is 11.5 Å². The molecule has 0 aliphatic carbocycles. The highest BCUT2D eigenvalue weighted by molar-refractivity contribution is 5.90. The first kappa shape index (κ1) is 16.4. The van der Waals surface area contributed by atoms with Crippen molar-refractivity contribution in [2.24, 2.45) is 5.10 Å². The third-order valence-electron chi connectivity index (χ3n) is 3.02. The molecule has 2 N–H and O–H groups in total. The molecule has 0 bridgehead atoms. The normalized spacial score (nSPS) is 10.7. The Balaban J connectivity index is 2.04. The van der Waals surface area contributed by atoms with Crippen LogP contribution in [0.2, 0.25) is 0 Å². The zero-order valence-corrected chi connectivity index (χ0v) is 13.0. The van der Waals surface area contributed by atoms with E-state index in [2.05, 4.69) is 25.2 Å². The van der Waals surface area contributed by atoms with E-state index in [4.69, 9.17) is 0 Å². The Kier molecular flexibility index (Phi) is 5.62. The van der Waals surface area contributed by atoms with Gasteiger partial charge in [0.2, 0.25) is 5.95 Å². The number of aromatic amines is 1. The van der Waals surface area contributed by atoms with Crippen molar-refractivity contribution in [2.45, 2.75) is 19.8 Å². The molecule has 0 atom stereocenters. The van der Waals surface area contributed by atoms with E-state index in [0.717, 1.165) is 24.1 Å². The molecule has 2 rings (SSSR count). The van der Waals surface area contributed by atoms with Crippen LogP contribution < -0.4 is 11.0 Å². The van der Waals surface area contributed by atoms with E-state index in [1.165, 1.54) is 13.2 Å². The molecule has 0 aliphatic heterocycles. The van der Waals surface area contributed by atoms with Crippen LogP contribution in [0, 0.1) is 0 Å². The highest BCUT2D eigenvalue weighted by Gasteiger charge is 2.03. The number of hydrogen-bond acceptors (Lipinski definition) is 6. The van der Waals surface area contributed by atoms with Crippen LogP contribution in [-0.2, 0) is 11.2 Å². The smallest absolute Gasteiger partial charge is 0.337 e. The number of methoxy groups -OCH3 is 1. The number of benzene rings is 1. The molecule has 0 fully saturated rings. The molecule has 0 radical (unpaired) electrons. The van der Waals surface area contributed by atoms with Crippen molar-refractivity contribution in [1.82, 2.24) is 9.97 Å². The van der Waals surface area contributed by atoms with Crippen molar-refractivity contribution in [2.75, 3.05) is 12.5 Å². The third-order valence-corrected chi connectivity index (χ3v) is 3.02. The molecule has 120 valence electrons. The predicted octanol–water partition coefficient (Wildman–Crippen LogP) is 1.95. The zero-order valence-electron chi connectivity index (χ0n) is 13.0. The number of rotatable bonds is 6. The van der Waals surface area contributed by atoms with E-state index < -0.39 is 0 Å². The van der Waals surface area contributed by atoms with Gasteiger partial charge in [0.05, 0.1) is 18.9 Å². The number of hydrogen-bond donors (Lipinski definition) is 2. The summed E-state index contributed by atoms with van der Waals surface area (Å²) in [6.07, 6.45) is 3.20. The molecule has 1 aromatic carbocycles. The van der Waals surface area contributed by atoms with Gasteiger partial charge in [-0.3, -0.25) is 9.78 Å². The average Bonchev–Trinajstić information content (AvgIpc) is 2.54. The lowest BCUT2D eigenvalue weighted by Crippen LogP contribution is -2.12. The molecule has 0 spiro atoms. The van der Waals surface area contributed by atoms with Crippen LogP contribution in [0.5, 0.6) is 0 Å². The summed E-state index contributed by atoms with van der Waals surface area (Å²) in [6.45, 7) is 2.02. The highest BCUT2D eigenvalue weighted by Crippen LogP contribution is 2.04. The van der Waals surface area contributed by atoms with Crippen molar-refractivity contribution in [3.8, 4) is 0 Å². The first-order valence-corrected chi connectivity index (χ1v) is 7.20. The summed E-state index contributed by atoms with van der Waals surface area (Å²) in [5.41, 5.74) is 4.45. The number of hydrazone groups is 1. The molecule has 0 aliphatic rings. The largest absolute Gasteiger partial charge is 0.465 e. The topological polar surface area (TPSA) is 96.4 Å². The second-order valence-electron chi connectivity index (χ2n) is 4.82. The number of nitrogens with zero attached hydrogens (tertiary/aromatic N) is 2. The number of anilines is 1. The van der Waals surface area contributed by atoms with Gasteiger partial charge in [-0.1, -0.05) is 25.5 Å². The fourth-order valence-electron chi connectivity index (χ4n) is 1.94. The predicted molar refractivity (Wildman–Crippen MR) is 87.9 cm³/mol. The van der Waals surface area contributed by atoms with Crippen LogP contribution in [0.15, 0.2) is 40.2 Å². The van der Waals surface area contributed by atoms with Crippen LogP contribution in [0.3, 0.4) is 0 Å². The summed E-state index contributed by atoms with van der Waals surface area (Å²) in [4.78, 5) is 29.7. The van der Waals surface area contributed by atoms with Gasteiger partial charge in [-0.2, -0.15) is 5.10 Å². The van der Waals surface area contributed by atoms with Gasteiger partial charge in [-0.25, -0.2) is 15.2 Å². The summed E-state index contributed by atoms with van der Waals surface area (Å²) in [6, 6.07) is 8.25. The van der Waals surface area contributed by atoms with E-state index in [1.54, 1.807) is 30.5 Å². The number of carbonyl (C=O) groups is 1. The van der Waals surface area contributed by atoms with Gasteiger partial charge in [0, 0.05) is 11.8 Å². The van der Waals surface area contributed by atoms with Gasteiger partial charge in [0.15, 0.2) is 0 Å². The van der Waals surface area contributed by atoms with Crippen LogP contribution in [-0.4, -0.2) is 29.3 Å². The first-order chi connectivity index (χ1) is 11.1. The molecule has 0 saturated heterocycles. The molecule has 7 nitrogen and oxygen atoms in total. The van der Waals surface area contributed by atoms with Crippen LogP contribution >= 0.6 is 0 Å². The lowest BCUT2D eigenvalue weighted by molar-refractivity contribution is 0.0600. The van der Waals surface area contributed by atoms with Crippen molar-refractivity contribution < 1.29 is 9.53 Å². The maximum absolute atomic E-state index is 11.5. The number of nitrogens with one attached hydrogen (secondary N) is 2. The fourth-order valence-corrected chi connectivity index (χ4v) is 1.94. The standard InChI is InChI=1S/C16H18N4O3/c1-3-4-13-9-14(21)19-16(18-13)20-17-10-11-5-7-12(8-6-11)15(22)23-2/h5-10H,3-4H2,1-2H3,(H2,18,19,20,21)/b17-10+. The Morgan fingerprint density at radius 2 is 2.13 bits per heavy atom. The van der Waals surface area contributed by atoms with Crippen molar-refractivity contribution in [3.05, 3.63) is 57.5 Å². The number of aromatic nitrogens is 2. The second kappa shape index (κ2) is 7.88. The molecule has 1 heterocycles. The Bertz CT molecular complexity index is 751. The molecule has 7 heteroatoms. The third kappa shape index (κ3) is 4.77. The number of H-pyrrole nitrogens is 1. The first-order valence-electron chi connectivity index (χ1n) is 7.20. The van der Waals surface area contributed by atoms with E-state index in [1.807, 2.05) is 6.92 Å². The lowest BCUT2D eigenvalue weighted by atomic mass is 10.1. The Morgan fingerprint density at radius 1 is 1.39 bits per heavy atom. The van der Waals surface area contributed by atoms with Crippen LogP contribution in [0.1, 0.15) is 35.0 Å². The van der Waals surface area contributed by atoms with E-state index in [9.17, 15) is 9.59 Å². The Morgan fingerprint density at radius 3 is 2.78 bits per heavy atom. The van der Waals surface area contributed by atoms with Crippen molar-refractivity contribution in [1.29, 1.82) is 0 Å².